The zero-order valence-corrected chi connectivity index (χ0v) is 10.2. The molecule has 1 rings (SSSR count). The van der Waals surface area contributed by atoms with Gasteiger partial charge in [-0.15, -0.1) is 0 Å². The Morgan fingerprint density at radius 3 is 2.38 bits per heavy atom. The first kappa shape index (κ1) is 13.8. The van der Waals surface area contributed by atoms with Crippen molar-refractivity contribution in [2.75, 3.05) is 18.5 Å². The summed E-state index contributed by atoms with van der Waals surface area (Å²) in [7, 11) is 0. The lowest BCUT2D eigenvalue weighted by Crippen LogP contribution is -2.54. The molecule has 0 spiro atoms. The summed E-state index contributed by atoms with van der Waals surface area (Å²) < 4.78 is 41.1. The van der Waals surface area contributed by atoms with Gasteiger partial charge in [-0.25, -0.2) is 0 Å². The van der Waals surface area contributed by atoms with Gasteiger partial charge >= 0.3 is 6.18 Å². The molecule has 1 N–H and O–H groups in total. The van der Waals surface area contributed by atoms with Crippen LogP contribution in [0.2, 0.25) is 0 Å². The molecule has 1 aliphatic heterocycles. The van der Waals surface area contributed by atoms with Crippen molar-refractivity contribution < 1.29 is 22.7 Å². The Kier molecular flexibility index (Phi) is 4.61. The highest BCUT2D eigenvalue weighted by Gasteiger charge is 2.37. The van der Waals surface area contributed by atoms with E-state index in [0.717, 1.165) is 0 Å². The molecule has 0 aliphatic carbocycles. The molecule has 16 heavy (non-hydrogen) atoms. The molecule has 0 aromatic heterocycles. The van der Waals surface area contributed by atoms with E-state index in [0.29, 0.717) is 31.4 Å². The van der Waals surface area contributed by atoms with Crippen molar-refractivity contribution in [2.24, 2.45) is 0 Å². The quantitative estimate of drug-likeness (QED) is 0.810. The van der Waals surface area contributed by atoms with E-state index in [1.165, 1.54) is 0 Å². The molecule has 1 heterocycles. The maximum Gasteiger partial charge on any atom is 0.397 e. The molecule has 3 nitrogen and oxygen atoms in total. The summed E-state index contributed by atoms with van der Waals surface area (Å²) in [5, 5.41) is 2.89. The van der Waals surface area contributed by atoms with Crippen LogP contribution in [0.4, 0.5) is 13.2 Å². The summed E-state index contributed by atoms with van der Waals surface area (Å²) in [4.78, 5) is 11.2. The van der Waals surface area contributed by atoms with Crippen LogP contribution in [0.1, 0.15) is 19.3 Å². The molecule has 1 aliphatic rings. The molecular formula is C9H13BrF3NO2. The Labute approximate surface area is 99.8 Å². The Balaban J connectivity index is 2.52. The van der Waals surface area contributed by atoms with Gasteiger partial charge in [0.1, 0.15) is 6.42 Å². The van der Waals surface area contributed by atoms with Crippen molar-refractivity contribution >= 4 is 21.8 Å². The Hall–Kier alpha value is -0.300. The summed E-state index contributed by atoms with van der Waals surface area (Å²) in [5.74, 6) is -0.978. The highest BCUT2D eigenvalue weighted by Crippen LogP contribution is 2.25. The van der Waals surface area contributed by atoms with E-state index < -0.39 is 24.0 Å². The van der Waals surface area contributed by atoms with E-state index in [9.17, 15) is 18.0 Å². The van der Waals surface area contributed by atoms with Crippen molar-refractivity contribution in [1.29, 1.82) is 0 Å². The van der Waals surface area contributed by atoms with Gasteiger partial charge < -0.3 is 10.1 Å². The molecule has 0 radical (unpaired) electrons. The van der Waals surface area contributed by atoms with Gasteiger partial charge in [0.15, 0.2) is 0 Å². The molecule has 1 fully saturated rings. The van der Waals surface area contributed by atoms with E-state index >= 15 is 0 Å². The molecule has 0 atom stereocenters. The second kappa shape index (κ2) is 5.35. The van der Waals surface area contributed by atoms with E-state index in [1.807, 2.05) is 0 Å². The van der Waals surface area contributed by atoms with Crippen LogP contribution in [0, 0.1) is 0 Å². The average Bonchev–Trinajstić information content (AvgIpc) is 2.16. The van der Waals surface area contributed by atoms with Gasteiger partial charge in [0.2, 0.25) is 5.91 Å². The molecule has 0 unspecified atom stereocenters. The number of hydrogen-bond donors (Lipinski definition) is 1. The zero-order chi connectivity index (χ0) is 12.2. The first-order valence-electron chi connectivity index (χ1n) is 4.88. The summed E-state index contributed by atoms with van der Waals surface area (Å²) in [6.07, 6.45) is -4.82. The van der Waals surface area contributed by atoms with Crippen molar-refractivity contribution in [1.82, 2.24) is 5.32 Å². The number of carbonyl (C=O) groups is 1. The third-order valence-electron chi connectivity index (χ3n) is 2.47. The number of nitrogens with one attached hydrogen (secondary N) is 1. The number of rotatable bonds is 3. The van der Waals surface area contributed by atoms with Crippen LogP contribution in [0.5, 0.6) is 0 Å². The van der Waals surface area contributed by atoms with E-state index in [2.05, 4.69) is 21.2 Å². The Bertz CT molecular complexity index is 252. The largest absolute Gasteiger partial charge is 0.397 e. The zero-order valence-electron chi connectivity index (χ0n) is 8.57. The molecule has 1 saturated heterocycles. The van der Waals surface area contributed by atoms with Crippen molar-refractivity contribution in [3.05, 3.63) is 0 Å². The van der Waals surface area contributed by atoms with E-state index in [-0.39, 0.29) is 0 Å². The predicted octanol–water partition coefficient (Wildman–Crippen LogP) is 2.00. The van der Waals surface area contributed by atoms with Gasteiger partial charge in [0.25, 0.3) is 0 Å². The molecule has 0 aromatic rings. The molecule has 1 amide bonds. The standard InChI is InChI=1S/C9H13BrF3NO2/c10-6-8(1-3-16-4-2-8)14-7(15)5-9(11,12)13/h1-6H2,(H,14,15). The van der Waals surface area contributed by atoms with Crippen LogP contribution in [-0.2, 0) is 9.53 Å². The predicted molar refractivity (Wildman–Crippen MR) is 55.4 cm³/mol. The lowest BCUT2D eigenvalue weighted by atomic mass is 9.92. The van der Waals surface area contributed by atoms with Crippen LogP contribution >= 0.6 is 15.9 Å². The normalized spacial score (nSPS) is 20.5. The smallest absolute Gasteiger partial charge is 0.381 e. The summed E-state index contributed by atoms with van der Waals surface area (Å²) >= 11 is 3.22. The van der Waals surface area contributed by atoms with Crippen LogP contribution in [0.25, 0.3) is 0 Å². The summed E-state index contributed by atoms with van der Waals surface area (Å²) in [6, 6.07) is 0. The first-order valence-corrected chi connectivity index (χ1v) is 6.00. The molecular weight excluding hydrogens is 291 g/mol. The Morgan fingerprint density at radius 2 is 1.94 bits per heavy atom. The van der Waals surface area contributed by atoms with Gasteiger partial charge in [0, 0.05) is 18.5 Å². The molecule has 0 bridgehead atoms. The van der Waals surface area contributed by atoms with E-state index in [4.69, 9.17) is 4.74 Å². The summed E-state index contributed by atoms with van der Waals surface area (Å²) in [5.41, 5.74) is -0.597. The highest BCUT2D eigenvalue weighted by atomic mass is 79.9. The monoisotopic (exact) mass is 303 g/mol. The van der Waals surface area contributed by atoms with Crippen LogP contribution in [0.15, 0.2) is 0 Å². The molecule has 7 heteroatoms. The second-order valence-electron chi connectivity index (χ2n) is 3.87. The van der Waals surface area contributed by atoms with Gasteiger partial charge in [-0.1, -0.05) is 15.9 Å². The lowest BCUT2D eigenvalue weighted by Gasteiger charge is -2.36. The SMILES string of the molecule is O=C(CC(F)(F)F)NC1(CBr)CCOCC1. The maximum absolute atomic E-state index is 12.0. The fourth-order valence-electron chi connectivity index (χ4n) is 1.58. The molecule has 94 valence electrons. The fourth-order valence-corrected chi connectivity index (χ4v) is 2.28. The van der Waals surface area contributed by atoms with Crippen LogP contribution < -0.4 is 5.32 Å². The average molecular weight is 304 g/mol. The van der Waals surface area contributed by atoms with Gasteiger partial charge in [-0.05, 0) is 12.8 Å². The fraction of sp³-hybridized carbons (Fsp3) is 0.889. The minimum Gasteiger partial charge on any atom is -0.381 e. The van der Waals surface area contributed by atoms with Gasteiger partial charge in [-0.3, -0.25) is 4.79 Å². The number of carbonyl (C=O) groups excluding carboxylic acids is 1. The number of ether oxygens (including phenoxy) is 1. The highest BCUT2D eigenvalue weighted by molar-refractivity contribution is 9.09. The molecule has 0 aromatic carbocycles. The number of amides is 1. The second-order valence-corrected chi connectivity index (χ2v) is 4.43. The maximum atomic E-state index is 12.0. The number of hydrogen-bond acceptors (Lipinski definition) is 2. The van der Waals surface area contributed by atoms with E-state index in [1.54, 1.807) is 0 Å². The molecule has 0 saturated carbocycles. The van der Waals surface area contributed by atoms with Gasteiger partial charge in [-0.2, -0.15) is 13.2 Å². The minimum absolute atomic E-state index is 0.437. The number of halogens is 4. The lowest BCUT2D eigenvalue weighted by molar-refractivity contribution is -0.155. The van der Waals surface area contributed by atoms with Gasteiger partial charge in [0.05, 0.1) is 5.54 Å². The third kappa shape index (κ3) is 4.29. The van der Waals surface area contributed by atoms with Crippen molar-refractivity contribution in [3.8, 4) is 0 Å². The topological polar surface area (TPSA) is 38.3 Å². The number of alkyl halides is 4. The van der Waals surface area contributed by atoms with Crippen molar-refractivity contribution in [2.45, 2.75) is 31.0 Å². The Morgan fingerprint density at radius 1 is 1.38 bits per heavy atom. The summed E-state index contributed by atoms with van der Waals surface area (Å²) in [6.45, 7) is 0.912. The van der Waals surface area contributed by atoms with Crippen molar-refractivity contribution in [3.63, 3.8) is 0 Å². The van der Waals surface area contributed by atoms with Crippen LogP contribution in [0.3, 0.4) is 0 Å². The van der Waals surface area contributed by atoms with Crippen LogP contribution in [-0.4, -0.2) is 36.2 Å². The third-order valence-corrected chi connectivity index (χ3v) is 3.54. The first-order chi connectivity index (χ1) is 7.37. The minimum atomic E-state index is -4.46.